The minimum absolute atomic E-state index is 0.0198. The highest BCUT2D eigenvalue weighted by Crippen LogP contribution is 2.23. The van der Waals surface area contributed by atoms with Gasteiger partial charge in [0.1, 0.15) is 4.92 Å². The van der Waals surface area contributed by atoms with E-state index in [1.807, 2.05) is 0 Å². The Morgan fingerprint density at radius 1 is 1.15 bits per heavy atom. The lowest BCUT2D eigenvalue weighted by Crippen LogP contribution is -2.11. The van der Waals surface area contributed by atoms with E-state index < -0.39 is 26.6 Å². The standard InChI is InChI=1S/C15H12N4O7S/c1-2-27(23,24)10-5-3-9(4-6-10)14-17-18-15(26-14)16-13(20)11-7-8-12(25-11)19(21)22/h3-8H,2H2,1H3,(H,16,18,20). The molecule has 11 nitrogen and oxygen atoms in total. The molecule has 2 heterocycles. The molecular weight excluding hydrogens is 380 g/mol. The van der Waals surface area contributed by atoms with Gasteiger partial charge in [-0.05, 0) is 30.3 Å². The van der Waals surface area contributed by atoms with Crippen LogP contribution in [-0.2, 0) is 9.84 Å². The van der Waals surface area contributed by atoms with Gasteiger partial charge in [0.15, 0.2) is 15.6 Å². The average molecular weight is 392 g/mol. The van der Waals surface area contributed by atoms with Crippen LogP contribution in [0.15, 0.2) is 50.1 Å². The third-order valence-electron chi connectivity index (χ3n) is 3.48. The molecule has 12 heteroatoms. The summed E-state index contributed by atoms with van der Waals surface area (Å²) in [6.45, 7) is 1.55. The Bertz CT molecular complexity index is 1100. The molecule has 0 atom stereocenters. The maximum atomic E-state index is 12.0. The molecule has 140 valence electrons. The maximum Gasteiger partial charge on any atom is 0.433 e. The molecule has 2 aromatic heterocycles. The fraction of sp³-hybridized carbons (Fsp3) is 0.133. The van der Waals surface area contributed by atoms with Crippen molar-refractivity contribution in [3.8, 4) is 11.5 Å². The van der Waals surface area contributed by atoms with Crippen molar-refractivity contribution in [1.82, 2.24) is 10.2 Å². The number of furan rings is 1. The van der Waals surface area contributed by atoms with E-state index in [1.54, 1.807) is 6.92 Å². The fourth-order valence-corrected chi connectivity index (χ4v) is 2.95. The first-order valence-corrected chi connectivity index (χ1v) is 9.17. The lowest BCUT2D eigenvalue weighted by molar-refractivity contribution is -0.402. The third-order valence-corrected chi connectivity index (χ3v) is 5.23. The lowest BCUT2D eigenvalue weighted by atomic mass is 10.2. The van der Waals surface area contributed by atoms with E-state index in [2.05, 4.69) is 15.5 Å². The zero-order valence-electron chi connectivity index (χ0n) is 13.8. The molecule has 1 aromatic carbocycles. The number of sulfone groups is 1. The molecule has 0 spiro atoms. The van der Waals surface area contributed by atoms with E-state index in [9.17, 15) is 23.3 Å². The number of amides is 1. The zero-order valence-corrected chi connectivity index (χ0v) is 14.6. The average Bonchev–Trinajstić information content (AvgIpc) is 3.31. The molecular formula is C15H12N4O7S. The van der Waals surface area contributed by atoms with E-state index in [0.29, 0.717) is 5.56 Å². The molecule has 3 rings (SSSR count). The van der Waals surface area contributed by atoms with Gasteiger partial charge < -0.3 is 8.83 Å². The number of nitro groups is 1. The van der Waals surface area contributed by atoms with E-state index >= 15 is 0 Å². The van der Waals surface area contributed by atoms with Crippen LogP contribution in [0.2, 0.25) is 0 Å². The smallest absolute Gasteiger partial charge is 0.403 e. The molecule has 3 aromatic rings. The molecule has 0 bridgehead atoms. The summed E-state index contributed by atoms with van der Waals surface area (Å²) in [5.41, 5.74) is 0.451. The van der Waals surface area contributed by atoms with Crippen LogP contribution in [0, 0.1) is 10.1 Å². The number of benzene rings is 1. The van der Waals surface area contributed by atoms with Gasteiger partial charge in [-0.25, -0.2) is 8.42 Å². The van der Waals surface area contributed by atoms with Crippen LogP contribution >= 0.6 is 0 Å². The number of anilines is 1. The lowest BCUT2D eigenvalue weighted by Gasteiger charge is -2.01. The molecule has 0 aliphatic rings. The number of hydrogen-bond donors (Lipinski definition) is 1. The van der Waals surface area contributed by atoms with E-state index in [1.165, 1.54) is 24.3 Å². The largest absolute Gasteiger partial charge is 0.433 e. The molecule has 0 fully saturated rings. The molecule has 0 unspecified atom stereocenters. The van der Waals surface area contributed by atoms with Gasteiger partial charge in [-0.3, -0.25) is 20.2 Å². The molecule has 1 N–H and O–H groups in total. The summed E-state index contributed by atoms with van der Waals surface area (Å²) in [6.07, 6.45) is 0. The van der Waals surface area contributed by atoms with Crippen LogP contribution in [0.25, 0.3) is 11.5 Å². The highest BCUT2D eigenvalue weighted by Gasteiger charge is 2.20. The van der Waals surface area contributed by atoms with Crippen LogP contribution < -0.4 is 5.32 Å². The Hall–Kier alpha value is -3.54. The van der Waals surface area contributed by atoms with Crippen molar-refractivity contribution in [2.24, 2.45) is 0 Å². The summed E-state index contributed by atoms with van der Waals surface area (Å²) in [4.78, 5) is 21.9. The molecule has 1 amide bonds. The van der Waals surface area contributed by atoms with E-state index in [-0.39, 0.29) is 28.3 Å². The van der Waals surface area contributed by atoms with Crippen LogP contribution in [-0.4, -0.2) is 35.2 Å². The summed E-state index contributed by atoms with van der Waals surface area (Å²) in [5, 5.41) is 20.2. The Kier molecular flexibility index (Phi) is 4.73. The van der Waals surface area contributed by atoms with Crippen LogP contribution in [0.5, 0.6) is 0 Å². The number of aromatic nitrogens is 2. The Morgan fingerprint density at radius 2 is 1.85 bits per heavy atom. The Balaban J connectivity index is 1.74. The molecule has 0 aliphatic carbocycles. The quantitative estimate of drug-likeness (QED) is 0.490. The van der Waals surface area contributed by atoms with Crippen molar-refractivity contribution in [2.75, 3.05) is 11.1 Å². The zero-order chi connectivity index (χ0) is 19.6. The first kappa shape index (κ1) is 18.3. The second-order valence-corrected chi connectivity index (χ2v) is 7.47. The van der Waals surface area contributed by atoms with Gasteiger partial charge in [0.05, 0.1) is 16.7 Å². The molecule has 0 aliphatic heterocycles. The highest BCUT2D eigenvalue weighted by atomic mass is 32.2. The van der Waals surface area contributed by atoms with Gasteiger partial charge in [0.2, 0.25) is 5.89 Å². The predicted molar refractivity (Wildman–Crippen MR) is 90.8 cm³/mol. The van der Waals surface area contributed by atoms with Crippen LogP contribution in [0.3, 0.4) is 0 Å². The van der Waals surface area contributed by atoms with Crippen LogP contribution in [0.1, 0.15) is 17.5 Å². The van der Waals surface area contributed by atoms with Crippen molar-refractivity contribution in [1.29, 1.82) is 0 Å². The Labute approximate surface area is 152 Å². The second-order valence-electron chi connectivity index (χ2n) is 5.19. The summed E-state index contributed by atoms with van der Waals surface area (Å²) in [7, 11) is -3.32. The molecule has 27 heavy (non-hydrogen) atoms. The fourth-order valence-electron chi connectivity index (χ4n) is 2.07. The topological polar surface area (TPSA) is 158 Å². The number of carbonyl (C=O) groups is 1. The number of carbonyl (C=O) groups excluding carboxylic acids is 1. The van der Waals surface area contributed by atoms with Gasteiger partial charge >= 0.3 is 11.9 Å². The summed E-state index contributed by atoms with van der Waals surface area (Å²) < 4.78 is 33.7. The second kappa shape index (κ2) is 6.99. The minimum atomic E-state index is -3.32. The van der Waals surface area contributed by atoms with Gasteiger partial charge in [0.25, 0.3) is 5.91 Å². The number of hydrogen-bond acceptors (Lipinski definition) is 9. The van der Waals surface area contributed by atoms with Gasteiger partial charge in [-0.15, -0.1) is 5.10 Å². The summed E-state index contributed by atoms with van der Waals surface area (Å²) >= 11 is 0. The first-order valence-electron chi connectivity index (χ1n) is 7.52. The SMILES string of the molecule is CCS(=O)(=O)c1ccc(-c2nnc(NC(=O)c3ccc([N+](=O)[O-])o3)o2)cc1. The predicted octanol–water partition coefficient (Wildman–Crippen LogP) is 2.28. The third kappa shape index (κ3) is 3.84. The summed E-state index contributed by atoms with van der Waals surface area (Å²) in [5.74, 6) is -1.64. The van der Waals surface area contributed by atoms with Crippen molar-refractivity contribution < 1.29 is 27.0 Å². The number of nitrogens with one attached hydrogen (secondary N) is 1. The minimum Gasteiger partial charge on any atom is -0.403 e. The van der Waals surface area contributed by atoms with Crippen molar-refractivity contribution in [3.05, 3.63) is 52.3 Å². The Morgan fingerprint density at radius 3 is 2.44 bits per heavy atom. The van der Waals surface area contributed by atoms with E-state index in [0.717, 1.165) is 12.1 Å². The first-order chi connectivity index (χ1) is 12.8. The number of nitrogens with zero attached hydrogens (tertiary/aromatic N) is 3. The van der Waals surface area contributed by atoms with Crippen LogP contribution in [0.4, 0.5) is 11.9 Å². The number of rotatable bonds is 6. The monoisotopic (exact) mass is 392 g/mol. The van der Waals surface area contributed by atoms with Gasteiger partial charge in [-0.1, -0.05) is 12.0 Å². The molecule has 0 saturated carbocycles. The van der Waals surface area contributed by atoms with Crippen molar-refractivity contribution in [3.63, 3.8) is 0 Å². The van der Waals surface area contributed by atoms with Crippen molar-refractivity contribution >= 4 is 27.6 Å². The van der Waals surface area contributed by atoms with E-state index in [4.69, 9.17) is 8.83 Å². The van der Waals surface area contributed by atoms with Crippen molar-refractivity contribution in [2.45, 2.75) is 11.8 Å². The van der Waals surface area contributed by atoms with Gasteiger partial charge in [0, 0.05) is 5.56 Å². The highest BCUT2D eigenvalue weighted by molar-refractivity contribution is 7.91. The van der Waals surface area contributed by atoms with Gasteiger partial charge in [-0.2, -0.15) is 0 Å². The summed E-state index contributed by atoms with van der Waals surface area (Å²) in [6, 6.07) is 7.75. The normalized spacial score (nSPS) is 11.3. The molecule has 0 saturated heterocycles. The maximum absolute atomic E-state index is 12.0. The molecule has 0 radical (unpaired) electrons.